The van der Waals surface area contributed by atoms with Crippen LogP contribution in [0.25, 0.3) is 11.3 Å². The standard InChI is InChI=1S/C20H19F3N4O2S.C11H16N4O2S/c1-28-16-4-3-5-17(29-2)14(16)10-25-18(24)27-19-26-15(11-30-19)12-6-8-13(9-7-12)20(21,22)23;1-16-8-4-3-5-9(17-2)7(8)6-14-10(12)15-11(13)18/h3-9,11H,10H2,1-2H3,(H3,24,25,26,27);3-5H,6H2,1-2H3,(H5,12,13,14,15,18). The Hall–Kier alpha value is -5.29. The molecular formula is C31H35F3N8O4S2. The van der Waals surface area contributed by atoms with Crippen LogP contribution in [0.4, 0.5) is 18.3 Å². The fourth-order valence-electron chi connectivity index (χ4n) is 4.10. The molecule has 0 bridgehead atoms. The zero-order chi connectivity index (χ0) is 35.3. The molecular weight excluding hydrogens is 670 g/mol. The summed E-state index contributed by atoms with van der Waals surface area (Å²) < 4.78 is 59.2. The molecule has 0 fully saturated rings. The van der Waals surface area contributed by atoms with E-state index in [4.69, 9.17) is 36.1 Å². The number of nitrogens with one attached hydrogen (secondary N) is 2. The van der Waals surface area contributed by atoms with Crippen molar-refractivity contribution in [1.82, 2.24) is 10.3 Å². The Bertz CT molecular complexity index is 1690. The number of thiocarbonyl (C=S) groups is 1. The summed E-state index contributed by atoms with van der Waals surface area (Å²) >= 11 is 5.92. The molecule has 0 unspecified atom stereocenters. The highest BCUT2D eigenvalue weighted by Gasteiger charge is 2.30. The molecule has 0 aliphatic carbocycles. The van der Waals surface area contributed by atoms with Gasteiger partial charge in [0.25, 0.3) is 0 Å². The molecule has 4 rings (SSSR count). The first-order valence-electron chi connectivity index (χ1n) is 13.9. The summed E-state index contributed by atoms with van der Waals surface area (Å²) in [7, 11) is 6.28. The van der Waals surface area contributed by atoms with Crippen LogP contribution in [0, 0.1) is 0 Å². The highest BCUT2D eigenvalue weighted by molar-refractivity contribution is 7.80. The van der Waals surface area contributed by atoms with Gasteiger partial charge in [-0.25, -0.2) is 15.0 Å². The fourth-order valence-corrected chi connectivity index (χ4v) is 4.94. The second-order valence-corrected chi connectivity index (χ2v) is 10.7. The molecule has 1 aromatic heterocycles. The Balaban J connectivity index is 0.000000297. The van der Waals surface area contributed by atoms with E-state index in [2.05, 4.69) is 37.8 Å². The van der Waals surface area contributed by atoms with E-state index in [0.717, 1.165) is 23.3 Å². The summed E-state index contributed by atoms with van der Waals surface area (Å²) in [6.07, 6.45) is -4.37. The number of anilines is 1. The van der Waals surface area contributed by atoms with Gasteiger partial charge >= 0.3 is 6.18 Å². The van der Waals surface area contributed by atoms with Crippen molar-refractivity contribution in [2.45, 2.75) is 19.3 Å². The first-order chi connectivity index (χ1) is 22.9. The minimum Gasteiger partial charge on any atom is -0.496 e. The first kappa shape index (κ1) is 37.2. The van der Waals surface area contributed by atoms with Crippen LogP contribution in [0.15, 0.2) is 76.0 Å². The van der Waals surface area contributed by atoms with Crippen LogP contribution >= 0.6 is 23.6 Å². The van der Waals surface area contributed by atoms with E-state index in [9.17, 15) is 13.2 Å². The lowest BCUT2D eigenvalue weighted by Crippen LogP contribution is -2.40. The lowest BCUT2D eigenvalue weighted by molar-refractivity contribution is -0.137. The summed E-state index contributed by atoms with van der Waals surface area (Å²) in [6, 6.07) is 15.7. The summed E-state index contributed by atoms with van der Waals surface area (Å²) in [5.41, 5.74) is 18.8. The zero-order valence-corrected chi connectivity index (χ0v) is 28.1. The van der Waals surface area contributed by atoms with E-state index >= 15 is 0 Å². The Morgan fingerprint density at radius 2 is 1.23 bits per heavy atom. The van der Waals surface area contributed by atoms with E-state index in [-0.39, 0.29) is 23.6 Å². The number of guanidine groups is 2. The van der Waals surface area contributed by atoms with Gasteiger partial charge in [0.15, 0.2) is 22.2 Å². The van der Waals surface area contributed by atoms with E-state index < -0.39 is 11.7 Å². The van der Waals surface area contributed by atoms with E-state index in [1.807, 2.05) is 24.3 Å². The third-order valence-electron chi connectivity index (χ3n) is 6.37. The van der Waals surface area contributed by atoms with Crippen molar-refractivity contribution >= 4 is 45.7 Å². The Morgan fingerprint density at radius 3 is 1.65 bits per heavy atom. The van der Waals surface area contributed by atoms with Crippen LogP contribution in [0.5, 0.6) is 23.0 Å². The number of aromatic nitrogens is 1. The van der Waals surface area contributed by atoms with Gasteiger partial charge in [0.05, 0.1) is 63.9 Å². The lowest BCUT2D eigenvalue weighted by atomic mass is 10.1. The second kappa shape index (κ2) is 17.6. The SMILES string of the molecule is COc1cccc(OC)c1CN=C(N)NC(N)=S.COc1cccc(OC)c1CN=C(N)Nc1nc(-c2ccc(C(F)(F)F)cc2)cs1. The largest absolute Gasteiger partial charge is 0.496 e. The van der Waals surface area contributed by atoms with Gasteiger partial charge in [-0.15, -0.1) is 11.3 Å². The molecule has 12 nitrogen and oxygen atoms in total. The Labute approximate surface area is 284 Å². The summed E-state index contributed by atoms with van der Waals surface area (Å²) in [4.78, 5) is 12.8. The number of halogens is 3. The van der Waals surface area contributed by atoms with Crippen LogP contribution in [-0.4, -0.2) is 50.5 Å². The third kappa shape index (κ3) is 10.6. The topological polar surface area (TPSA) is 177 Å². The van der Waals surface area contributed by atoms with Gasteiger partial charge in [-0.2, -0.15) is 13.2 Å². The van der Waals surface area contributed by atoms with Crippen LogP contribution in [0.2, 0.25) is 0 Å². The fraction of sp³-hybridized carbons (Fsp3) is 0.226. The molecule has 256 valence electrons. The molecule has 0 saturated heterocycles. The number of benzene rings is 3. The number of rotatable bonds is 10. The Kier molecular flexibility index (Phi) is 13.6. The van der Waals surface area contributed by atoms with Crippen molar-refractivity contribution in [3.63, 3.8) is 0 Å². The average molecular weight is 705 g/mol. The van der Waals surface area contributed by atoms with Crippen molar-refractivity contribution in [3.05, 3.63) is 82.7 Å². The zero-order valence-electron chi connectivity index (χ0n) is 26.4. The molecule has 0 aliphatic rings. The quantitative estimate of drug-likeness (QED) is 0.0841. The lowest BCUT2D eigenvalue weighted by Gasteiger charge is -2.11. The molecule has 0 aliphatic heterocycles. The maximum atomic E-state index is 12.7. The summed E-state index contributed by atoms with van der Waals surface area (Å²) in [5, 5.41) is 7.70. The van der Waals surface area contributed by atoms with Gasteiger partial charge in [0.1, 0.15) is 23.0 Å². The highest BCUT2D eigenvalue weighted by atomic mass is 32.1. The van der Waals surface area contributed by atoms with Gasteiger partial charge in [0, 0.05) is 10.9 Å². The van der Waals surface area contributed by atoms with E-state index in [0.29, 0.717) is 45.9 Å². The molecule has 0 spiro atoms. The smallest absolute Gasteiger partial charge is 0.416 e. The number of nitrogens with zero attached hydrogens (tertiary/aromatic N) is 3. The van der Waals surface area contributed by atoms with Crippen LogP contribution in [-0.2, 0) is 19.3 Å². The number of nitrogens with two attached hydrogens (primary N) is 3. The summed E-state index contributed by atoms with van der Waals surface area (Å²) in [6.45, 7) is 0.526. The molecule has 0 radical (unpaired) electrons. The number of alkyl halides is 3. The van der Waals surface area contributed by atoms with Crippen LogP contribution in [0.1, 0.15) is 16.7 Å². The van der Waals surface area contributed by atoms with Crippen LogP contribution < -0.4 is 46.8 Å². The molecule has 48 heavy (non-hydrogen) atoms. The van der Waals surface area contributed by atoms with Gasteiger partial charge in [-0.1, -0.05) is 24.3 Å². The van der Waals surface area contributed by atoms with Gasteiger partial charge in [-0.3, -0.25) is 0 Å². The predicted molar refractivity (Wildman–Crippen MR) is 186 cm³/mol. The van der Waals surface area contributed by atoms with Crippen LogP contribution in [0.3, 0.4) is 0 Å². The third-order valence-corrected chi connectivity index (χ3v) is 7.23. The van der Waals surface area contributed by atoms with Gasteiger partial charge in [0.2, 0.25) is 0 Å². The number of hydrogen-bond donors (Lipinski definition) is 5. The van der Waals surface area contributed by atoms with Crippen molar-refractivity contribution in [2.75, 3.05) is 33.8 Å². The summed E-state index contributed by atoms with van der Waals surface area (Å²) in [5.74, 6) is 2.91. The van der Waals surface area contributed by atoms with Crippen molar-refractivity contribution in [1.29, 1.82) is 0 Å². The van der Waals surface area contributed by atoms with E-state index in [1.165, 1.54) is 23.5 Å². The molecule has 0 atom stereocenters. The molecule has 1 heterocycles. The molecule has 0 amide bonds. The molecule has 4 aromatic rings. The monoisotopic (exact) mass is 704 g/mol. The number of hydrogen-bond acceptors (Lipinski definition) is 9. The number of methoxy groups -OCH3 is 4. The first-order valence-corrected chi connectivity index (χ1v) is 15.1. The molecule has 8 N–H and O–H groups in total. The minimum absolute atomic E-state index is 0.0724. The maximum Gasteiger partial charge on any atom is 0.416 e. The molecule has 17 heteroatoms. The normalized spacial score (nSPS) is 11.6. The number of ether oxygens (including phenoxy) is 4. The average Bonchev–Trinajstić information content (AvgIpc) is 3.53. The van der Waals surface area contributed by atoms with Gasteiger partial charge in [-0.05, 0) is 48.6 Å². The van der Waals surface area contributed by atoms with Crippen molar-refractivity contribution in [3.8, 4) is 34.3 Å². The predicted octanol–water partition coefficient (Wildman–Crippen LogP) is 5.12. The minimum atomic E-state index is -4.37. The molecule has 0 saturated carbocycles. The highest BCUT2D eigenvalue weighted by Crippen LogP contribution is 2.32. The van der Waals surface area contributed by atoms with Crippen molar-refractivity contribution in [2.24, 2.45) is 27.2 Å². The van der Waals surface area contributed by atoms with Crippen molar-refractivity contribution < 1.29 is 32.1 Å². The Morgan fingerprint density at radius 1 is 0.771 bits per heavy atom. The van der Waals surface area contributed by atoms with Gasteiger partial charge < -0.3 is 46.8 Å². The number of thiazole rings is 1. The maximum absolute atomic E-state index is 12.7. The second-order valence-electron chi connectivity index (χ2n) is 9.41. The van der Waals surface area contributed by atoms with E-state index in [1.54, 1.807) is 46.0 Å². The molecule has 3 aromatic carbocycles. The number of aliphatic imine (C=N–C) groups is 2.